The summed E-state index contributed by atoms with van der Waals surface area (Å²) in [5, 5.41) is 10.2. The van der Waals surface area contributed by atoms with Crippen molar-refractivity contribution in [3.8, 4) is 0 Å². The summed E-state index contributed by atoms with van der Waals surface area (Å²) in [5.41, 5.74) is 0. The predicted octanol–water partition coefficient (Wildman–Crippen LogP) is 1.36. The second kappa shape index (κ2) is 5.83. The van der Waals surface area contributed by atoms with Crippen LogP contribution >= 0.6 is 0 Å². The Morgan fingerprint density at radius 3 is 1.93 bits per heavy atom. The van der Waals surface area contributed by atoms with E-state index >= 15 is 0 Å². The van der Waals surface area contributed by atoms with Crippen LogP contribution in [0.2, 0.25) is 0 Å². The fourth-order valence-corrected chi connectivity index (χ4v) is 2.30. The molecule has 0 aromatic heterocycles. The maximum atomic E-state index is 10.2. The van der Waals surface area contributed by atoms with Gasteiger partial charge in [-0.2, -0.15) is 0 Å². The van der Waals surface area contributed by atoms with Crippen molar-refractivity contribution in [1.29, 1.82) is 0 Å². The molecule has 1 heterocycles. The van der Waals surface area contributed by atoms with E-state index in [1.54, 1.807) is 0 Å². The van der Waals surface area contributed by atoms with Crippen LogP contribution < -0.4 is 0 Å². The number of rotatable bonds is 4. The molecule has 0 radical (unpaired) electrons. The zero-order valence-electron chi connectivity index (χ0n) is 10.4. The van der Waals surface area contributed by atoms with Crippen molar-refractivity contribution in [2.75, 3.05) is 26.3 Å². The molecule has 0 aliphatic carbocycles. The molecule has 1 aliphatic rings. The minimum atomic E-state index is -0.233. The Morgan fingerprint density at radius 2 is 1.53 bits per heavy atom. The SMILES string of the molecule is CC(C)[C@@H](O)[C@H](C(C)C)N1CCOCC1. The van der Waals surface area contributed by atoms with Gasteiger partial charge in [-0.15, -0.1) is 0 Å². The van der Waals surface area contributed by atoms with Crippen LogP contribution in [0.25, 0.3) is 0 Å². The summed E-state index contributed by atoms with van der Waals surface area (Å²) < 4.78 is 5.35. The molecule has 2 atom stereocenters. The lowest BCUT2D eigenvalue weighted by atomic mass is 9.90. The summed E-state index contributed by atoms with van der Waals surface area (Å²) in [6.45, 7) is 12.0. The van der Waals surface area contributed by atoms with Crippen molar-refractivity contribution in [2.24, 2.45) is 11.8 Å². The van der Waals surface area contributed by atoms with Crippen LogP contribution in [0.15, 0.2) is 0 Å². The molecule has 3 nitrogen and oxygen atoms in total. The van der Waals surface area contributed by atoms with Gasteiger partial charge in [0.05, 0.1) is 19.3 Å². The molecule has 0 amide bonds. The highest BCUT2D eigenvalue weighted by Crippen LogP contribution is 2.20. The van der Waals surface area contributed by atoms with Crippen molar-refractivity contribution >= 4 is 0 Å². The van der Waals surface area contributed by atoms with E-state index in [1.807, 2.05) is 0 Å². The third-order valence-electron chi connectivity index (χ3n) is 3.18. The molecule has 0 unspecified atom stereocenters. The van der Waals surface area contributed by atoms with Crippen molar-refractivity contribution in [3.63, 3.8) is 0 Å². The Balaban J connectivity index is 2.63. The molecule has 0 spiro atoms. The first-order valence-corrected chi connectivity index (χ1v) is 6.04. The zero-order chi connectivity index (χ0) is 11.4. The monoisotopic (exact) mass is 215 g/mol. The van der Waals surface area contributed by atoms with Crippen LogP contribution in [0, 0.1) is 11.8 Å². The summed E-state index contributed by atoms with van der Waals surface area (Å²) in [5.74, 6) is 0.806. The van der Waals surface area contributed by atoms with E-state index in [0.29, 0.717) is 11.8 Å². The highest BCUT2D eigenvalue weighted by Gasteiger charge is 2.31. The Morgan fingerprint density at radius 1 is 1.00 bits per heavy atom. The lowest BCUT2D eigenvalue weighted by molar-refractivity contribution is -0.0495. The van der Waals surface area contributed by atoms with Crippen molar-refractivity contribution in [3.05, 3.63) is 0 Å². The lowest BCUT2D eigenvalue weighted by Gasteiger charge is -2.40. The molecule has 0 saturated carbocycles. The normalized spacial score (nSPS) is 23.4. The number of aliphatic hydroxyl groups excluding tert-OH is 1. The van der Waals surface area contributed by atoms with Gasteiger partial charge in [0, 0.05) is 19.1 Å². The summed E-state index contributed by atoms with van der Waals surface area (Å²) in [4.78, 5) is 2.37. The molecule has 90 valence electrons. The van der Waals surface area contributed by atoms with Gasteiger partial charge in [0.25, 0.3) is 0 Å². The third-order valence-corrected chi connectivity index (χ3v) is 3.18. The quantitative estimate of drug-likeness (QED) is 0.768. The molecular weight excluding hydrogens is 190 g/mol. The Kier molecular flexibility index (Phi) is 5.03. The third kappa shape index (κ3) is 3.44. The van der Waals surface area contributed by atoms with Gasteiger partial charge in [-0.25, -0.2) is 0 Å². The first kappa shape index (κ1) is 12.9. The fraction of sp³-hybridized carbons (Fsp3) is 1.00. The number of hydrogen-bond acceptors (Lipinski definition) is 3. The van der Waals surface area contributed by atoms with E-state index < -0.39 is 0 Å². The average molecular weight is 215 g/mol. The topological polar surface area (TPSA) is 32.7 Å². The first-order valence-electron chi connectivity index (χ1n) is 6.04. The Hall–Kier alpha value is -0.120. The van der Waals surface area contributed by atoms with Crippen LogP contribution in [0.3, 0.4) is 0 Å². The van der Waals surface area contributed by atoms with Gasteiger partial charge < -0.3 is 9.84 Å². The Bertz CT molecular complexity index is 176. The van der Waals surface area contributed by atoms with Crippen molar-refractivity contribution in [1.82, 2.24) is 4.90 Å². The molecule has 1 saturated heterocycles. The number of morpholine rings is 1. The molecule has 1 aliphatic heterocycles. The molecule has 1 rings (SSSR count). The van der Waals surface area contributed by atoms with Gasteiger partial charge in [0.1, 0.15) is 0 Å². The number of aliphatic hydroxyl groups is 1. The van der Waals surface area contributed by atoms with E-state index in [9.17, 15) is 5.11 Å². The minimum Gasteiger partial charge on any atom is -0.391 e. The van der Waals surface area contributed by atoms with Crippen LogP contribution in [-0.4, -0.2) is 48.5 Å². The van der Waals surface area contributed by atoms with Gasteiger partial charge in [0.15, 0.2) is 0 Å². The van der Waals surface area contributed by atoms with Crippen LogP contribution in [0.1, 0.15) is 27.7 Å². The maximum absolute atomic E-state index is 10.2. The van der Waals surface area contributed by atoms with Gasteiger partial charge in [-0.3, -0.25) is 4.90 Å². The molecule has 3 heteroatoms. The van der Waals surface area contributed by atoms with E-state index in [-0.39, 0.29) is 12.1 Å². The zero-order valence-corrected chi connectivity index (χ0v) is 10.4. The van der Waals surface area contributed by atoms with Crippen LogP contribution in [-0.2, 0) is 4.74 Å². The smallest absolute Gasteiger partial charge is 0.0720 e. The van der Waals surface area contributed by atoms with Crippen molar-refractivity contribution in [2.45, 2.75) is 39.8 Å². The molecular formula is C12H25NO2. The highest BCUT2D eigenvalue weighted by atomic mass is 16.5. The number of ether oxygens (including phenoxy) is 1. The Labute approximate surface area is 93.4 Å². The summed E-state index contributed by atoms with van der Waals surface area (Å²) in [6.07, 6.45) is -0.233. The molecule has 0 aromatic carbocycles. The number of nitrogens with zero attached hydrogens (tertiary/aromatic N) is 1. The first-order chi connectivity index (χ1) is 7.04. The van der Waals surface area contributed by atoms with Crippen molar-refractivity contribution < 1.29 is 9.84 Å². The molecule has 1 N–H and O–H groups in total. The summed E-state index contributed by atoms with van der Waals surface area (Å²) in [7, 11) is 0. The lowest BCUT2D eigenvalue weighted by Crippen LogP contribution is -2.53. The molecule has 0 aromatic rings. The van der Waals surface area contributed by atoms with E-state index in [4.69, 9.17) is 4.74 Å². The van der Waals surface area contributed by atoms with Gasteiger partial charge in [0.2, 0.25) is 0 Å². The predicted molar refractivity (Wildman–Crippen MR) is 61.9 cm³/mol. The second-order valence-corrected chi connectivity index (χ2v) is 5.12. The van der Waals surface area contributed by atoms with Crippen LogP contribution in [0.4, 0.5) is 0 Å². The number of hydrogen-bond donors (Lipinski definition) is 1. The second-order valence-electron chi connectivity index (χ2n) is 5.12. The van der Waals surface area contributed by atoms with Gasteiger partial charge >= 0.3 is 0 Å². The maximum Gasteiger partial charge on any atom is 0.0720 e. The minimum absolute atomic E-state index is 0.233. The molecule has 0 bridgehead atoms. The average Bonchev–Trinajstić information content (AvgIpc) is 2.18. The van der Waals surface area contributed by atoms with Crippen LogP contribution in [0.5, 0.6) is 0 Å². The van der Waals surface area contributed by atoms with E-state index in [1.165, 1.54) is 0 Å². The molecule has 1 fully saturated rings. The fourth-order valence-electron chi connectivity index (χ4n) is 2.30. The van der Waals surface area contributed by atoms with E-state index in [2.05, 4.69) is 32.6 Å². The summed E-state index contributed by atoms with van der Waals surface area (Å²) >= 11 is 0. The van der Waals surface area contributed by atoms with Gasteiger partial charge in [-0.1, -0.05) is 27.7 Å². The largest absolute Gasteiger partial charge is 0.391 e. The standard InChI is InChI=1S/C12H25NO2/c1-9(2)11(12(14)10(3)4)13-5-7-15-8-6-13/h9-12,14H,5-8H2,1-4H3/t11-,12+/m0/s1. The molecule has 15 heavy (non-hydrogen) atoms. The highest BCUT2D eigenvalue weighted by molar-refractivity contribution is 4.84. The van der Waals surface area contributed by atoms with E-state index in [0.717, 1.165) is 26.3 Å². The summed E-state index contributed by atoms with van der Waals surface area (Å²) in [6, 6.07) is 0.272. The van der Waals surface area contributed by atoms with Gasteiger partial charge in [-0.05, 0) is 11.8 Å².